The van der Waals surface area contributed by atoms with E-state index in [1.54, 1.807) is 12.3 Å². The van der Waals surface area contributed by atoms with Crippen molar-refractivity contribution in [2.45, 2.75) is 6.10 Å². The van der Waals surface area contributed by atoms with E-state index in [1.165, 1.54) is 19.4 Å². The summed E-state index contributed by atoms with van der Waals surface area (Å²) in [5.74, 6) is -1.92. The second-order valence-corrected chi connectivity index (χ2v) is 6.56. The minimum atomic E-state index is -1.50. The van der Waals surface area contributed by atoms with Gasteiger partial charge in [-0.05, 0) is 40.8 Å². The van der Waals surface area contributed by atoms with Crippen LogP contribution in [0.25, 0.3) is 11.0 Å². The lowest BCUT2D eigenvalue weighted by Gasteiger charge is -2.15. The van der Waals surface area contributed by atoms with Gasteiger partial charge in [-0.1, -0.05) is 0 Å². The van der Waals surface area contributed by atoms with Gasteiger partial charge in [0.1, 0.15) is 24.2 Å². The van der Waals surface area contributed by atoms with Crippen LogP contribution in [0.1, 0.15) is 17.2 Å². The molecule has 1 aromatic carbocycles. The lowest BCUT2D eigenvalue weighted by molar-refractivity contribution is 0.142. The molecule has 0 aliphatic rings. The zero-order valence-corrected chi connectivity index (χ0v) is 15.4. The molecule has 5 nitrogen and oxygen atoms in total. The molecule has 2 N–H and O–H groups in total. The third kappa shape index (κ3) is 3.60. The quantitative estimate of drug-likeness (QED) is 0.436. The lowest BCUT2D eigenvalue weighted by atomic mass is 10.00. The van der Waals surface area contributed by atoms with Crippen LogP contribution in [0.5, 0.6) is 5.75 Å². The van der Waals surface area contributed by atoms with Crippen LogP contribution in [0.2, 0.25) is 0 Å². The highest BCUT2D eigenvalue weighted by atomic mass is 127. The van der Waals surface area contributed by atoms with Crippen molar-refractivity contribution in [3.8, 4) is 5.75 Å². The number of hydrogen-bond acceptors (Lipinski definition) is 4. The number of pyridine rings is 1. The van der Waals surface area contributed by atoms with E-state index in [-0.39, 0.29) is 19.0 Å². The van der Waals surface area contributed by atoms with Gasteiger partial charge in [-0.15, -0.1) is 0 Å². The number of fused-ring (bicyclic) bond motifs is 1. The lowest BCUT2D eigenvalue weighted by Crippen LogP contribution is -2.10. The van der Waals surface area contributed by atoms with Gasteiger partial charge in [-0.3, -0.25) is 0 Å². The first-order valence-electron chi connectivity index (χ1n) is 7.43. The fourth-order valence-corrected chi connectivity index (χ4v) is 2.98. The Balaban J connectivity index is 2.02. The monoisotopic (exact) mass is 460 g/mol. The summed E-state index contributed by atoms with van der Waals surface area (Å²) in [6, 6.07) is 4.05. The average molecular weight is 460 g/mol. The maximum atomic E-state index is 14.7. The van der Waals surface area contributed by atoms with Crippen LogP contribution in [-0.4, -0.2) is 35.4 Å². The van der Waals surface area contributed by atoms with Crippen molar-refractivity contribution in [3.05, 3.63) is 56.9 Å². The van der Waals surface area contributed by atoms with Crippen LogP contribution in [0.15, 0.2) is 30.6 Å². The van der Waals surface area contributed by atoms with Crippen molar-refractivity contribution in [1.82, 2.24) is 9.97 Å². The molecular formula is C17H15F2IN2O3. The number of methoxy groups -OCH3 is 1. The first kappa shape index (κ1) is 18.0. The number of H-pyrrole nitrogens is 1. The SMILES string of the molecule is COCCOc1ccc(F)c(C(O)c2c[nH]c3ncc(I)cc23)c1F. The topological polar surface area (TPSA) is 67.4 Å². The Bertz CT molecular complexity index is 901. The standard InChI is InChI=1S/C17H15F2IN2O3/c1-24-4-5-25-13-3-2-12(18)14(15(13)19)16(23)11-8-22-17-10(11)6-9(20)7-21-17/h2-3,6-8,16,23H,4-5H2,1H3,(H,21,22). The van der Waals surface area contributed by atoms with Crippen molar-refractivity contribution in [2.75, 3.05) is 20.3 Å². The summed E-state index contributed by atoms with van der Waals surface area (Å²) in [4.78, 5) is 7.08. The zero-order valence-electron chi connectivity index (χ0n) is 13.2. The molecule has 132 valence electrons. The molecule has 3 aromatic rings. The summed E-state index contributed by atoms with van der Waals surface area (Å²) in [6.45, 7) is 0.380. The molecule has 8 heteroatoms. The molecular weight excluding hydrogens is 445 g/mol. The Morgan fingerprint density at radius 2 is 2.12 bits per heavy atom. The molecule has 0 amide bonds. The smallest absolute Gasteiger partial charge is 0.174 e. The summed E-state index contributed by atoms with van der Waals surface area (Å²) in [5.41, 5.74) is 0.408. The molecule has 0 radical (unpaired) electrons. The number of nitrogens with one attached hydrogen (secondary N) is 1. The fourth-order valence-electron chi connectivity index (χ4n) is 2.53. The Morgan fingerprint density at radius 1 is 1.32 bits per heavy atom. The number of aliphatic hydroxyl groups is 1. The summed E-state index contributed by atoms with van der Waals surface area (Å²) in [6.07, 6.45) is 1.65. The second-order valence-electron chi connectivity index (χ2n) is 5.31. The largest absolute Gasteiger partial charge is 0.488 e. The van der Waals surface area contributed by atoms with Crippen molar-refractivity contribution in [2.24, 2.45) is 0 Å². The van der Waals surface area contributed by atoms with Gasteiger partial charge < -0.3 is 19.6 Å². The van der Waals surface area contributed by atoms with E-state index in [2.05, 4.69) is 32.6 Å². The van der Waals surface area contributed by atoms with E-state index in [4.69, 9.17) is 9.47 Å². The summed E-state index contributed by atoms with van der Waals surface area (Å²) in [5, 5.41) is 11.2. The molecule has 0 aliphatic carbocycles. The Labute approximate surface area is 156 Å². The van der Waals surface area contributed by atoms with Gasteiger partial charge in [-0.25, -0.2) is 13.8 Å². The van der Waals surface area contributed by atoms with Crippen LogP contribution >= 0.6 is 22.6 Å². The predicted molar refractivity (Wildman–Crippen MR) is 96.6 cm³/mol. The van der Waals surface area contributed by atoms with Crippen LogP contribution < -0.4 is 4.74 Å². The minimum absolute atomic E-state index is 0.115. The van der Waals surface area contributed by atoms with E-state index in [0.29, 0.717) is 16.6 Å². The number of rotatable bonds is 6. The number of aromatic amines is 1. The molecule has 3 rings (SSSR count). The second kappa shape index (κ2) is 7.63. The highest BCUT2D eigenvalue weighted by molar-refractivity contribution is 14.1. The number of benzene rings is 1. The molecule has 25 heavy (non-hydrogen) atoms. The number of halogens is 3. The highest BCUT2D eigenvalue weighted by Crippen LogP contribution is 2.34. The molecule has 1 unspecified atom stereocenters. The van der Waals surface area contributed by atoms with Crippen molar-refractivity contribution in [1.29, 1.82) is 0 Å². The Hall–Kier alpha value is -1.78. The number of ether oxygens (including phenoxy) is 2. The van der Waals surface area contributed by atoms with E-state index in [0.717, 1.165) is 9.64 Å². The zero-order chi connectivity index (χ0) is 18.0. The van der Waals surface area contributed by atoms with E-state index in [9.17, 15) is 13.9 Å². The molecule has 2 heterocycles. The van der Waals surface area contributed by atoms with Crippen LogP contribution in [-0.2, 0) is 4.74 Å². The van der Waals surface area contributed by atoms with Gasteiger partial charge in [0, 0.05) is 34.0 Å². The van der Waals surface area contributed by atoms with Crippen LogP contribution in [0.4, 0.5) is 8.78 Å². The number of hydrogen-bond donors (Lipinski definition) is 2. The number of aromatic nitrogens is 2. The number of nitrogens with zero attached hydrogens (tertiary/aromatic N) is 1. The molecule has 2 aromatic heterocycles. The highest BCUT2D eigenvalue weighted by Gasteiger charge is 2.25. The van der Waals surface area contributed by atoms with E-state index in [1.807, 2.05) is 0 Å². The van der Waals surface area contributed by atoms with Crippen molar-refractivity contribution >= 4 is 33.6 Å². The van der Waals surface area contributed by atoms with Gasteiger partial charge in [0.15, 0.2) is 11.6 Å². The normalized spacial score (nSPS) is 12.5. The first-order chi connectivity index (χ1) is 12.0. The van der Waals surface area contributed by atoms with Gasteiger partial charge in [0.2, 0.25) is 0 Å². The first-order valence-corrected chi connectivity index (χ1v) is 8.51. The average Bonchev–Trinajstić information content (AvgIpc) is 3.00. The maximum absolute atomic E-state index is 14.7. The minimum Gasteiger partial charge on any atom is -0.488 e. The molecule has 0 saturated heterocycles. The van der Waals surface area contributed by atoms with Crippen molar-refractivity contribution in [3.63, 3.8) is 0 Å². The van der Waals surface area contributed by atoms with Crippen LogP contribution in [0.3, 0.4) is 0 Å². The van der Waals surface area contributed by atoms with Gasteiger partial charge in [-0.2, -0.15) is 0 Å². The maximum Gasteiger partial charge on any atom is 0.174 e. The third-order valence-electron chi connectivity index (χ3n) is 3.73. The third-order valence-corrected chi connectivity index (χ3v) is 4.32. The van der Waals surface area contributed by atoms with Crippen molar-refractivity contribution < 1.29 is 23.4 Å². The predicted octanol–water partition coefficient (Wildman–Crippen LogP) is 3.55. The van der Waals surface area contributed by atoms with Gasteiger partial charge in [0.25, 0.3) is 0 Å². The van der Waals surface area contributed by atoms with E-state index >= 15 is 0 Å². The van der Waals surface area contributed by atoms with E-state index < -0.39 is 23.3 Å². The Kier molecular flexibility index (Phi) is 5.50. The van der Waals surface area contributed by atoms with Gasteiger partial charge >= 0.3 is 0 Å². The molecule has 1 atom stereocenters. The Morgan fingerprint density at radius 3 is 2.88 bits per heavy atom. The van der Waals surface area contributed by atoms with Crippen LogP contribution in [0, 0.1) is 15.2 Å². The fraction of sp³-hybridized carbons (Fsp3) is 0.235. The molecule has 0 spiro atoms. The molecule has 0 saturated carbocycles. The summed E-state index contributed by atoms with van der Waals surface area (Å²) in [7, 11) is 1.49. The molecule has 0 aliphatic heterocycles. The summed E-state index contributed by atoms with van der Waals surface area (Å²) >= 11 is 2.08. The summed E-state index contributed by atoms with van der Waals surface area (Å²) < 4.78 is 39.9. The molecule has 0 fully saturated rings. The number of aliphatic hydroxyl groups excluding tert-OH is 1. The molecule has 0 bridgehead atoms. The van der Waals surface area contributed by atoms with Gasteiger partial charge in [0.05, 0.1) is 12.2 Å².